The molecule has 2 nitrogen and oxygen atoms in total. The quantitative estimate of drug-likeness (QED) is 0.869. The van der Waals surface area contributed by atoms with Crippen LogP contribution in [0.5, 0.6) is 0 Å². The van der Waals surface area contributed by atoms with E-state index in [4.69, 9.17) is 5.11 Å². The van der Waals surface area contributed by atoms with Crippen LogP contribution >= 0.6 is 27.3 Å². The fourth-order valence-electron chi connectivity index (χ4n) is 1.51. The molecular weight excluding hydrogens is 288 g/mol. The minimum Gasteiger partial charge on any atom is -0.477 e. The molecule has 0 saturated carbocycles. The monoisotopic (exact) mass is 296 g/mol. The molecule has 0 saturated heterocycles. The van der Waals surface area contributed by atoms with Gasteiger partial charge in [0.1, 0.15) is 4.88 Å². The summed E-state index contributed by atoms with van der Waals surface area (Å²) in [5.41, 5.74) is 1.06. The average molecular weight is 297 g/mol. The summed E-state index contributed by atoms with van der Waals surface area (Å²) in [4.78, 5) is 11.3. The number of hydrogen-bond donors (Lipinski definition) is 1. The Balaban J connectivity index is 2.58. The van der Waals surface area contributed by atoms with Crippen molar-refractivity contribution in [2.24, 2.45) is 0 Å². The molecule has 16 heavy (non-hydrogen) atoms. The molecular formula is C12H9BrO2S. The lowest BCUT2D eigenvalue weighted by molar-refractivity contribution is 0.0702. The van der Waals surface area contributed by atoms with E-state index in [1.807, 2.05) is 30.4 Å². The van der Waals surface area contributed by atoms with E-state index in [-0.39, 0.29) is 0 Å². The Hall–Kier alpha value is -1.13. The second kappa shape index (κ2) is 4.80. The number of thiophene rings is 1. The van der Waals surface area contributed by atoms with Gasteiger partial charge in [-0.15, -0.1) is 11.3 Å². The molecule has 1 heterocycles. The molecule has 0 atom stereocenters. The summed E-state index contributed by atoms with van der Waals surface area (Å²) in [6, 6.07) is 7.60. The lowest BCUT2D eigenvalue weighted by Crippen LogP contribution is -1.89. The normalized spacial score (nSPS) is 11.3. The summed E-state index contributed by atoms with van der Waals surface area (Å²) < 4.78 is 1.01. The van der Waals surface area contributed by atoms with Crippen LogP contribution in [-0.4, -0.2) is 16.4 Å². The fraction of sp³-hybridized carbons (Fsp3) is 0.0833. The van der Waals surface area contributed by atoms with Crippen molar-refractivity contribution in [3.05, 3.63) is 40.8 Å². The molecule has 0 radical (unpaired) electrons. The van der Waals surface area contributed by atoms with Crippen LogP contribution < -0.4 is 0 Å². The highest BCUT2D eigenvalue weighted by Gasteiger charge is 2.09. The average Bonchev–Trinajstić information content (AvgIpc) is 2.70. The Bertz CT molecular complexity index is 557. The van der Waals surface area contributed by atoms with Crippen molar-refractivity contribution in [3.63, 3.8) is 0 Å². The van der Waals surface area contributed by atoms with E-state index < -0.39 is 5.97 Å². The maximum atomic E-state index is 10.9. The summed E-state index contributed by atoms with van der Waals surface area (Å²) in [5.74, 6) is -0.864. The number of carboxylic acids is 1. The highest BCUT2D eigenvalue weighted by atomic mass is 79.9. The molecule has 2 rings (SSSR count). The van der Waals surface area contributed by atoms with Crippen LogP contribution in [0.25, 0.3) is 16.2 Å². The van der Waals surface area contributed by atoms with E-state index in [0.29, 0.717) is 4.88 Å². The van der Waals surface area contributed by atoms with Gasteiger partial charge in [-0.2, -0.15) is 0 Å². The number of fused-ring (bicyclic) bond motifs is 1. The minimum atomic E-state index is -0.864. The van der Waals surface area contributed by atoms with Crippen LogP contribution in [0.1, 0.15) is 15.2 Å². The summed E-state index contributed by atoms with van der Waals surface area (Å²) in [6.45, 7) is 0. The number of alkyl halides is 1. The fourth-order valence-corrected chi connectivity index (χ4v) is 2.63. The molecule has 4 heteroatoms. The van der Waals surface area contributed by atoms with Gasteiger partial charge in [0.2, 0.25) is 0 Å². The van der Waals surface area contributed by atoms with Gasteiger partial charge in [0.15, 0.2) is 0 Å². The number of benzene rings is 1. The second-order valence-corrected chi connectivity index (χ2v) is 4.96. The Morgan fingerprint density at radius 1 is 1.50 bits per heavy atom. The third-order valence-electron chi connectivity index (χ3n) is 2.19. The topological polar surface area (TPSA) is 37.3 Å². The summed E-state index contributed by atoms with van der Waals surface area (Å²) in [6.07, 6.45) is 3.99. The van der Waals surface area contributed by atoms with Gasteiger partial charge in [0, 0.05) is 15.4 Å². The van der Waals surface area contributed by atoms with Gasteiger partial charge >= 0.3 is 5.97 Å². The van der Waals surface area contributed by atoms with E-state index in [1.165, 1.54) is 11.3 Å². The van der Waals surface area contributed by atoms with Gasteiger partial charge < -0.3 is 5.11 Å². The lowest BCUT2D eigenvalue weighted by Gasteiger charge is -1.94. The minimum absolute atomic E-state index is 0.384. The maximum Gasteiger partial charge on any atom is 0.345 e. The summed E-state index contributed by atoms with van der Waals surface area (Å²) >= 11 is 4.63. The predicted molar refractivity (Wildman–Crippen MR) is 71.6 cm³/mol. The highest BCUT2D eigenvalue weighted by molar-refractivity contribution is 9.09. The van der Waals surface area contributed by atoms with E-state index in [9.17, 15) is 4.79 Å². The van der Waals surface area contributed by atoms with Gasteiger partial charge in [0.05, 0.1) is 0 Å². The van der Waals surface area contributed by atoms with Crippen LogP contribution in [0, 0.1) is 0 Å². The van der Waals surface area contributed by atoms with Crippen LogP contribution in [0.15, 0.2) is 30.3 Å². The number of carboxylic acid groups (broad SMARTS) is 1. The number of rotatable bonds is 3. The Kier molecular flexibility index (Phi) is 3.41. The van der Waals surface area contributed by atoms with Crippen molar-refractivity contribution in [3.8, 4) is 0 Å². The standard InChI is InChI=1S/C12H9BrO2S/c13-6-2-4-8-3-1-5-10-9(8)7-11(16-10)12(14)15/h1-5,7H,6H2,(H,14,15). The molecule has 0 bridgehead atoms. The van der Waals surface area contributed by atoms with Gasteiger partial charge in [-0.05, 0) is 17.7 Å². The van der Waals surface area contributed by atoms with E-state index in [0.717, 1.165) is 21.0 Å². The smallest absolute Gasteiger partial charge is 0.345 e. The zero-order valence-electron chi connectivity index (χ0n) is 8.31. The number of allylic oxidation sites excluding steroid dienone is 1. The molecule has 0 aliphatic carbocycles. The zero-order chi connectivity index (χ0) is 11.5. The molecule has 0 aliphatic rings. The van der Waals surface area contributed by atoms with Crippen LogP contribution in [0.4, 0.5) is 0 Å². The van der Waals surface area contributed by atoms with E-state index in [2.05, 4.69) is 15.9 Å². The first kappa shape index (κ1) is 11.4. The van der Waals surface area contributed by atoms with Gasteiger partial charge in [-0.1, -0.05) is 40.2 Å². The molecule has 0 fully saturated rings. The van der Waals surface area contributed by atoms with E-state index >= 15 is 0 Å². The molecule has 1 aromatic heterocycles. The highest BCUT2D eigenvalue weighted by Crippen LogP contribution is 2.29. The number of aromatic carboxylic acids is 1. The van der Waals surface area contributed by atoms with Crippen molar-refractivity contribution in [2.45, 2.75) is 0 Å². The van der Waals surface area contributed by atoms with Gasteiger partial charge in [-0.25, -0.2) is 4.79 Å². The number of halogens is 1. The molecule has 0 spiro atoms. The summed E-state index contributed by atoms with van der Waals surface area (Å²) in [5, 5.41) is 10.7. The van der Waals surface area contributed by atoms with Crippen molar-refractivity contribution >= 4 is 49.4 Å². The molecule has 0 aliphatic heterocycles. The molecule has 2 aromatic rings. The number of hydrogen-bond acceptors (Lipinski definition) is 2. The van der Waals surface area contributed by atoms with E-state index in [1.54, 1.807) is 6.07 Å². The van der Waals surface area contributed by atoms with Gasteiger partial charge in [-0.3, -0.25) is 0 Å². The molecule has 1 N–H and O–H groups in total. The third-order valence-corrected chi connectivity index (χ3v) is 3.65. The van der Waals surface area contributed by atoms with Crippen LogP contribution in [0.3, 0.4) is 0 Å². The third kappa shape index (κ3) is 2.18. The Morgan fingerprint density at radius 2 is 2.31 bits per heavy atom. The molecule has 0 unspecified atom stereocenters. The largest absolute Gasteiger partial charge is 0.477 e. The Labute approximate surface area is 105 Å². The maximum absolute atomic E-state index is 10.9. The Morgan fingerprint density at radius 3 is 3.00 bits per heavy atom. The predicted octanol–water partition coefficient (Wildman–Crippen LogP) is 4.01. The first-order chi connectivity index (χ1) is 7.72. The second-order valence-electron chi connectivity index (χ2n) is 3.23. The molecule has 0 amide bonds. The SMILES string of the molecule is O=C(O)c1cc2c(C=CCBr)cccc2s1. The molecule has 82 valence electrons. The zero-order valence-corrected chi connectivity index (χ0v) is 10.7. The van der Waals surface area contributed by atoms with Crippen LogP contribution in [-0.2, 0) is 0 Å². The van der Waals surface area contributed by atoms with Crippen LogP contribution in [0.2, 0.25) is 0 Å². The van der Waals surface area contributed by atoms with Gasteiger partial charge in [0.25, 0.3) is 0 Å². The first-order valence-electron chi connectivity index (χ1n) is 4.70. The number of carbonyl (C=O) groups is 1. The molecule has 1 aromatic carbocycles. The lowest BCUT2D eigenvalue weighted by atomic mass is 10.1. The van der Waals surface area contributed by atoms with Crippen molar-refractivity contribution in [1.29, 1.82) is 0 Å². The van der Waals surface area contributed by atoms with Crippen molar-refractivity contribution in [2.75, 3.05) is 5.33 Å². The first-order valence-corrected chi connectivity index (χ1v) is 6.64. The summed E-state index contributed by atoms with van der Waals surface area (Å²) in [7, 11) is 0. The van der Waals surface area contributed by atoms with Crippen molar-refractivity contribution < 1.29 is 9.90 Å². The van der Waals surface area contributed by atoms with Crippen molar-refractivity contribution in [1.82, 2.24) is 0 Å².